The molecule has 10 nitrogen and oxygen atoms in total. The van der Waals surface area contributed by atoms with Crippen LogP contribution in [0.1, 0.15) is 38.2 Å². The number of phenolic OH excluding ortho intramolecular Hbond substituents is 1. The number of aliphatic hydroxyl groups is 4. The molecule has 2 aliphatic rings. The smallest absolute Gasteiger partial charge is 0.247 e. The average Bonchev–Trinajstić information content (AvgIpc) is 3.30. The standard InChI is InChI=1S/C30H37NO9/c1-18(29(37)31-28-22(33)8-5-9-23(28)34)14-19-10-11-26(24(35)15-19)39-30-25(36)16-27(40-30)20(17-32)12-13-38-21-6-3-2-4-7-21/h2-4,6-7,10-12,14-15,22-23,25,27-28,30,32-36H,5,8-9,13,16-17H2,1H3,(H,31,37)/b18-14+,20-12+/t22-,23+,25-,27-,28?,30?/m0/s1. The highest BCUT2D eigenvalue weighted by atomic mass is 16.7. The molecule has 0 bridgehead atoms. The Balaban J connectivity index is 1.34. The largest absolute Gasteiger partial charge is 0.504 e. The van der Waals surface area contributed by atoms with E-state index in [1.54, 1.807) is 25.1 Å². The number of aromatic hydroxyl groups is 1. The quantitative estimate of drug-likeness (QED) is 0.191. The summed E-state index contributed by atoms with van der Waals surface area (Å²) in [6.07, 6.45) is 0.936. The van der Waals surface area contributed by atoms with Gasteiger partial charge in [-0.25, -0.2) is 0 Å². The number of carbonyl (C=O) groups is 1. The van der Waals surface area contributed by atoms with Crippen molar-refractivity contribution in [1.82, 2.24) is 5.32 Å². The van der Waals surface area contributed by atoms with Gasteiger partial charge in [-0.1, -0.05) is 24.3 Å². The minimum Gasteiger partial charge on any atom is -0.504 e. The summed E-state index contributed by atoms with van der Waals surface area (Å²) in [5.74, 6) is 0.129. The Morgan fingerprint density at radius 1 is 1.07 bits per heavy atom. The van der Waals surface area contributed by atoms with Gasteiger partial charge in [-0.3, -0.25) is 4.79 Å². The van der Waals surface area contributed by atoms with Gasteiger partial charge < -0.3 is 45.1 Å². The lowest BCUT2D eigenvalue weighted by molar-refractivity contribution is -0.121. The molecular weight excluding hydrogens is 518 g/mol. The fourth-order valence-electron chi connectivity index (χ4n) is 4.82. The van der Waals surface area contributed by atoms with Crippen LogP contribution < -0.4 is 14.8 Å². The second kappa shape index (κ2) is 13.8. The SMILES string of the molecule is C/C(=C\c1ccc(OC2O[C@H](/C(=C/COc3ccccc3)CO)C[C@@H]2O)c(O)c1)C(=O)NC1[C@H](O)CCC[C@@H]1O. The lowest BCUT2D eigenvalue weighted by Gasteiger charge is -2.32. The minimum absolute atomic E-state index is 0.0827. The first-order chi connectivity index (χ1) is 19.2. The van der Waals surface area contributed by atoms with Crippen molar-refractivity contribution in [3.63, 3.8) is 0 Å². The number of para-hydroxylation sites is 1. The van der Waals surface area contributed by atoms with E-state index in [2.05, 4.69) is 5.32 Å². The van der Waals surface area contributed by atoms with Crippen LogP contribution in [0.3, 0.4) is 0 Å². The summed E-state index contributed by atoms with van der Waals surface area (Å²) >= 11 is 0. The molecule has 1 heterocycles. The van der Waals surface area contributed by atoms with Gasteiger partial charge >= 0.3 is 0 Å². The second-order valence-corrected chi connectivity index (χ2v) is 10.1. The number of carbonyl (C=O) groups excluding carboxylic acids is 1. The molecule has 0 aromatic heterocycles. The van der Waals surface area contributed by atoms with Gasteiger partial charge in [-0.15, -0.1) is 0 Å². The summed E-state index contributed by atoms with van der Waals surface area (Å²) in [7, 11) is 0. The molecule has 4 rings (SSSR count). The molecule has 1 saturated carbocycles. The van der Waals surface area contributed by atoms with E-state index >= 15 is 0 Å². The fourth-order valence-corrected chi connectivity index (χ4v) is 4.82. The van der Waals surface area contributed by atoms with Crippen LogP contribution in [0.5, 0.6) is 17.2 Å². The highest BCUT2D eigenvalue weighted by molar-refractivity contribution is 5.97. The summed E-state index contributed by atoms with van der Waals surface area (Å²) in [6.45, 7) is 1.54. The zero-order valence-electron chi connectivity index (χ0n) is 22.3. The molecule has 10 heteroatoms. The van der Waals surface area contributed by atoms with E-state index in [1.807, 2.05) is 30.3 Å². The van der Waals surface area contributed by atoms with Crippen LogP contribution in [0.15, 0.2) is 65.8 Å². The minimum atomic E-state index is -1.07. The van der Waals surface area contributed by atoms with E-state index < -0.39 is 42.7 Å². The van der Waals surface area contributed by atoms with Crippen molar-refractivity contribution >= 4 is 12.0 Å². The summed E-state index contributed by atoms with van der Waals surface area (Å²) < 4.78 is 17.2. The molecule has 2 aromatic rings. The van der Waals surface area contributed by atoms with Crippen molar-refractivity contribution in [2.45, 2.75) is 69.4 Å². The van der Waals surface area contributed by atoms with Crippen LogP contribution in [0, 0.1) is 0 Å². The molecule has 0 spiro atoms. The topological polar surface area (TPSA) is 158 Å². The zero-order chi connectivity index (χ0) is 28.6. The molecule has 2 unspecified atom stereocenters. The zero-order valence-corrected chi connectivity index (χ0v) is 22.3. The molecule has 6 N–H and O–H groups in total. The molecule has 2 aromatic carbocycles. The maximum absolute atomic E-state index is 12.6. The predicted molar refractivity (Wildman–Crippen MR) is 147 cm³/mol. The van der Waals surface area contributed by atoms with Crippen LogP contribution in [0.4, 0.5) is 0 Å². The van der Waals surface area contributed by atoms with Gasteiger partial charge in [0.25, 0.3) is 0 Å². The van der Waals surface area contributed by atoms with Crippen molar-refractivity contribution in [2.24, 2.45) is 0 Å². The third-order valence-electron chi connectivity index (χ3n) is 7.10. The van der Waals surface area contributed by atoms with Gasteiger partial charge in [0.05, 0.1) is 31.0 Å². The normalized spacial score (nSPS) is 27.3. The number of hydrogen-bond donors (Lipinski definition) is 6. The Morgan fingerprint density at radius 2 is 1.80 bits per heavy atom. The molecule has 2 fully saturated rings. The second-order valence-electron chi connectivity index (χ2n) is 10.1. The van der Waals surface area contributed by atoms with E-state index in [4.69, 9.17) is 14.2 Å². The van der Waals surface area contributed by atoms with Crippen molar-refractivity contribution < 1.29 is 44.5 Å². The Bertz CT molecular complexity index is 1190. The van der Waals surface area contributed by atoms with E-state index in [0.29, 0.717) is 41.7 Å². The molecule has 1 aliphatic carbocycles. The summed E-state index contributed by atoms with van der Waals surface area (Å²) in [4.78, 5) is 12.6. The average molecular weight is 556 g/mol. The molecule has 1 aliphatic heterocycles. The summed E-state index contributed by atoms with van der Waals surface area (Å²) in [5, 5.41) is 53.8. The van der Waals surface area contributed by atoms with Gasteiger partial charge in [-0.2, -0.15) is 0 Å². The third-order valence-corrected chi connectivity index (χ3v) is 7.10. The van der Waals surface area contributed by atoms with E-state index in [1.165, 1.54) is 12.1 Å². The number of nitrogens with one attached hydrogen (secondary N) is 1. The van der Waals surface area contributed by atoms with Crippen LogP contribution in [0.25, 0.3) is 6.08 Å². The number of aliphatic hydroxyl groups excluding tert-OH is 4. The molecule has 6 atom stereocenters. The fraction of sp³-hybridized carbons (Fsp3) is 0.433. The summed E-state index contributed by atoms with van der Waals surface area (Å²) in [5.41, 5.74) is 1.40. The monoisotopic (exact) mass is 555 g/mol. The Hall–Kier alpha value is -3.41. The van der Waals surface area contributed by atoms with Crippen LogP contribution >= 0.6 is 0 Å². The van der Waals surface area contributed by atoms with Crippen LogP contribution in [0.2, 0.25) is 0 Å². The highest BCUT2D eigenvalue weighted by Gasteiger charge is 2.37. The van der Waals surface area contributed by atoms with Gasteiger partial charge in [0, 0.05) is 12.0 Å². The number of benzene rings is 2. The first-order valence-electron chi connectivity index (χ1n) is 13.4. The van der Waals surface area contributed by atoms with Gasteiger partial charge in [-0.05, 0) is 73.7 Å². The number of ether oxygens (including phenoxy) is 3. The van der Waals surface area contributed by atoms with Crippen molar-refractivity contribution in [3.05, 3.63) is 71.3 Å². The van der Waals surface area contributed by atoms with E-state index in [0.717, 1.165) is 0 Å². The Kier molecular flexibility index (Phi) is 10.2. The van der Waals surface area contributed by atoms with E-state index in [9.17, 15) is 30.3 Å². The molecule has 0 radical (unpaired) electrons. The van der Waals surface area contributed by atoms with Gasteiger partial charge in [0.1, 0.15) is 18.5 Å². The lowest BCUT2D eigenvalue weighted by Crippen LogP contribution is -2.53. The molecular formula is C30H37NO9. The lowest BCUT2D eigenvalue weighted by atomic mass is 9.89. The highest BCUT2D eigenvalue weighted by Crippen LogP contribution is 2.33. The third kappa shape index (κ3) is 7.61. The molecule has 1 saturated heterocycles. The summed E-state index contributed by atoms with van der Waals surface area (Å²) in [6, 6.07) is 13.1. The van der Waals surface area contributed by atoms with Gasteiger partial charge in [0.2, 0.25) is 12.2 Å². The van der Waals surface area contributed by atoms with Crippen molar-refractivity contribution in [3.8, 4) is 17.2 Å². The molecule has 40 heavy (non-hydrogen) atoms. The number of phenols is 1. The first kappa shape index (κ1) is 29.6. The molecule has 1 amide bonds. The van der Waals surface area contributed by atoms with Crippen molar-refractivity contribution in [1.29, 1.82) is 0 Å². The first-order valence-corrected chi connectivity index (χ1v) is 13.4. The van der Waals surface area contributed by atoms with Crippen molar-refractivity contribution in [2.75, 3.05) is 13.2 Å². The van der Waals surface area contributed by atoms with Gasteiger partial charge in [0.15, 0.2) is 11.5 Å². The Labute approximate surface area is 233 Å². The number of amides is 1. The van der Waals surface area contributed by atoms with Crippen LogP contribution in [-0.4, -0.2) is 81.4 Å². The van der Waals surface area contributed by atoms with Crippen LogP contribution in [-0.2, 0) is 9.53 Å². The molecule has 216 valence electrons. The maximum Gasteiger partial charge on any atom is 0.247 e. The maximum atomic E-state index is 12.6. The Morgan fingerprint density at radius 3 is 2.48 bits per heavy atom. The number of hydrogen-bond acceptors (Lipinski definition) is 9. The van der Waals surface area contributed by atoms with E-state index in [-0.39, 0.29) is 31.1 Å². The number of rotatable bonds is 10. The predicted octanol–water partition coefficient (Wildman–Crippen LogP) is 2.04.